The predicted octanol–water partition coefficient (Wildman–Crippen LogP) is 3.29. The Morgan fingerprint density at radius 3 is 1.44 bits per heavy atom. The summed E-state index contributed by atoms with van der Waals surface area (Å²) in [6.07, 6.45) is 10.5. The summed E-state index contributed by atoms with van der Waals surface area (Å²) in [5.74, 6) is 3.44. The van der Waals surface area contributed by atoms with Crippen LogP contribution in [-0.4, -0.2) is 12.1 Å². The van der Waals surface area contributed by atoms with Gasteiger partial charge in [-0.25, -0.2) is 0 Å². The molecule has 0 heterocycles. The van der Waals surface area contributed by atoms with Crippen molar-refractivity contribution in [2.24, 2.45) is 35.1 Å². The molecule has 6 atom stereocenters. The lowest BCUT2D eigenvalue weighted by Crippen LogP contribution is -2.41. The zero-order valence-corrected chi connectivity index (χ0v) is 12.3. The molecule has 0 saturated heterocycles. The van der Waals surface area contributed by atoms with Gasteiger partial charge in [0.25, 0.3) is 0 Å². The lowest BCUT2D eigenvalue weighted by Gasteiger charge is -2.42. The topological polar surface area (TPSA) is 52.0 Å². The molecule has 0 aromatic heterocycles. The molecule has 0 radical (unpaired) electrons. The van der Waals surface area contributed by atoms with Crippen LogP contribution in [-0.2, 0) is 0 Å². The smallest absolute Gasteiger partial charge is 0.00672 e. The Labute approximate surface area is 113 Å². The van der Waals surface area contributed by atoms with Gasteiger partial charge in [-0.3, -0.25) is 0 Å². The molecule has 2 aliphatic carbocycles. The van der Waals surface area contributed by atoms with Crippen LogP contribution in [0, 0.1) is 23.7 Å². The van der Waals surface area contributed by atoms with Crippen LogP contribution >= 0.6 is 0 Å². The van der Waals surface area contributed by atoms with Crippen molar-refractivity contribution in [2.75, 3.05) is 0 Å². The summed E-state index contributed by atoms with van der Waals surface area (Å²) in [5, 5.41) is 0. The second kappa shape index (κ2) is 6.38. The predicted molar refractivity (Wildman–Crippen MR) is 78.2 cm³/mol. The molecule has 2 fully saturated rings. The lowest BCUT2D eigenvalue weighted by molar-refractivity contribution is 0.110. The Morgan fingerprint density at radius 2 is 1.11 bits per heavy atom. The highest BCUT2D eigenvalue weighted by molar-refractivity contribution is 4.89. The molecule has 106 valence electrons. The maximum atomic E-state index is 6.24. The average molecular weight is 252 g/mol. The van der Waals surface area contributed by atoms with E-state index < -0.39 is 0 Å². The van der Waals surface area contributed by atoms with Crippen LogP contribution < -0.4 is 11.5 Å². The molecule has 0 aliphatic heterocycles. The second-order valence-electron chi connectivity index (χ2n) is 6.81. The zero-order valence-electron chi connectivity index (χ0n) is 12.3. The van der Waals surface area contributed by atoms with Crippen molar-refractivity contribution in [3.63, 3.8) is 0 Å². The Bertz CT molecular complexity index is 227. The summed E-state index contributed by atoms with van der Waals surface area (Å²) in [5.41, 5.74) is 12.5. The third kappa shape index (κ3) is 3.08. The van der Waals surface area contributed by atoms with Gasteiger partial charge in [-0.05, 0) is 62.2 Å². The van der Waals surface area contributed by atoms with Crippen LogP contribution in [0.4, 0.5) is 0 Å². The molecule has 2 saturated carbocycles. The molecule has 2 nitrogen and oxygen atoms in total. The molecule has 18 heavy (non-hydrogen) atoms. The van der Waals surface area contributed by atoms with Gasteiger partial charge in [0.05, 0.1) is 0 Å². The number of rotatable bonds is 3. The molecule has 0 aromatic carbocycles. The number of hydrogen-bond acceptors (Lipinski definition) is 2. The lowest BCUT2D eigenvalue weighted by atomic mass is 9.65. The minimum Gasteiger partial charge on any atom is -0.327 e. The van der Waals surface area contributed by atoms with E-state index in [0.717, 1.165) is 23.7 Å². The van der Waals surface area contributed by atoms with Crippen molar-refractivity contribution in [1.82, 2.24) is 0 Å². The van der Waals surface area contributed by atoms with E-state index in [2.05, 4.69) is 13.8 Å². The third-order valence-electron chi connectivity index (χ3n) is 5.88. The summed E-state index contributed by atoms with van der Waals surface area (Å²) in [7, 11) is 0. The monoisotopic (exact) mass is 252 g/mol. The molecule has 0 spiro atoms. The van der Waals surface area contributed by atoms with Crippen molar-refractivity contribution in [1.29, 1.82) is 0 Å². The molecular weight excluding hydrogens is 220 g/mol. The molecule has 6 unspecified atom stereocenters. The van der Waals surface area contributed by atoms with Gasteiger partial charge in [0.15, 0.2) is 0 Å². The van der Waals surface area contributed by atoms with Crippen LogP contribution in [0.2, 0.25) is 0 Å². The molecular formula is C16H32N2. The summed E-state index contributed by atoms with van der Waals surface area (Å²) in [6, 6.07) is 0.943. The summed E-state index contributed by atoms with van der Waals surface area (Å²) in [4.78, 5) is 0. The Morgan fingerprint density at radius 1 is 0.722 bits per heavy atom. The van der Waals surface area contributed by atoms with Crippen LogP contribution in [0.5, 0.6) is 0 Å². The maximum absolute atomic E-state index is 6.24. The molecule has 2 aliphatic rings. The molecule has 2 rings (SSSR count). The summed E-state index contributed by atoms with van der Waals surface area (Å²) >= 11 is 0. The highest BCUT2D eigenvalue weighted by Crippen LogP contribution is 2.42. The Hall–Kier alpha value is -0.0800. The zero-order chi connectivity index (χ0) is 13.1. The second-order valence-corrected chi connectivity index (χ2v) is 6.81. The highest BCUT2D eigenvalue weighted by atomic mass is 14.7. The van der Waals surface area contributed by atoms with E-state index >= 15 is 0 Å². The van der Waals surface area contributed by atoms with Crippen molar-refractivity contribution in [3.05, 3.63) is 0 Å². The molecule has 0 amide bonds. The summed E-state index contributed by atoms with van der Waals surface area (Å²) in [6.45, 7) is 4.61. The van der Waals surface area contributed by atoms with E-state index in [-0.39, 0.29) is 0 Å². The van der Waals surface area contributed by atoms with E-state index in [0.29, 0.717) is 12.1 Å². The van der Waals surface area contributed by atoms with Crippen LogP contribution in [0.25, 0.3) is 0 Å². The first-order valence-corrected chi connectivity index (χ1v) is 8.16. The maximum Gasteiger partial charge on any atom is 0.00672 e. The molecule has 0 bridgehead atoms. The van der Waals surface area contributed by atoms with E-state index in [1.165, 1.54) is 51.4 Å². The van der Waals surface area contributed by atoms with Gasteiger partial charge in [0, 0.05) is 12.1 Å². The van der Waals surface area contributed by atoms with Crippen molar-refractivity contribution in [2.45, 2.75) is 77.3 Å². The molecule has 0 aromatic rings. The van der Waals surface area contributed by atoms with Crippen LogP contribution in [0.15, 0.2) is 0 Å². The van der Waals surface area contributed by atoms with Crippen LogP contribution in [0.1, 0.15) is 65.2 Å². The Kier molecular flexibility index (Phi) is 5.08. The first-order chi connectivity index (χ1) is 8.65. The fourth-order valence-corrected chi connectivity index (χ4v) is 4.44. The van der Waals surface area contributed by atoms with Gasteiger partial charge in [0.1, 0.15) is 0 Å². The van der Waals surface area contributed by atoms with Gasteiger partial charge >= 0.3 is 0 Å². The number of hydrogen-bond donors (Lipinski definition) is 2. The SMILES string of the molecule is CCC1CC(C2CCC(N)C(CC)C2)CCC1N. The fraction of sp³-hybridized carbons (Fsp3) is 1.00. The van der Waals surface area contributed by atoms with Crippen molar-refractivity contribution < 1.29 is 0 Å². The molecule has 2 heteroatoms. The first kappa shape index (κ1) is 14.3. The van der Waals surface area contributed by atoms with E-state index in [4.69, 9.17) is 11.5 Å². The first-order valence-electron chi connectivity index (χ1n) is 8.16. The average Bonchev–Trinajstić information content (AvgIpc) is 2.40. The van der Waals surface area contributed by atoms with E-state index in [9.17, 15) is 0 Å². The van der Waals surface area contributed by atoms with Gasteiger partial charge in [0.2, 0.25) is 0 Å². The normalized spacial score (nSPS) is 46.0. The largest absolute Gasteiger partial charge is 0.327 e. The van der Waals surface area contributed by atoms with Gasteiger partial charge in [-0.1, -0.05) is 26.7 Å². The van der Waals surface area contributed by atoms with E-state index in [1.54, 1.807) is 0 Å². The Balaban J connectivity index is 1.91. The van der Waals surface area contributed by atoms with Gasteiger partial charge < -0.3 is 11.5 Å². The van der Waals surface area contributed by atoms with Gasteiger partial charge in [-0.15, -0.1) is 0 Å². The fourth-order valence-electron chi connectivity index (χ4n) is 4.44. The standard InChI is InChI=1S/C16H32N2/c1-3-11-9-13(5-7-15(11)17)14-6-8-16(18)12(4-2)10-14/h11-16H,3-10,17-18H2,1-2H3. The van der Waals surface area contributed by atoms with Crippen molar-refractivity contribution in [3.8, 4) is 0 Å². The quantitative estimate of drug-likeness (QED) is 0.810. The third-order valence-corrected chi connectivity index (χ3v) is 5.88. The minimum atomic E-state index is 0.471. The number of nitrogens with two attached hydrogens (primary N) is 2. The minimum absolute atomic E-state index is 0.471. The van der Waals surface area contributed by atoms with Gasteiger partial charge in [-0.2, -0.15) is 0 Å². The summed E-state index contributed by atoms with van der Waals surface area (Å²) < 4.78 is 0. The highest BCUT2D eigenvalue weighted by Gasteiger charge is 2.35. The molecule has 4 N–H and O–H groups in total. The van der Waals surface area contributed by atoms with E-state index in [1.807, 2.05) is 0 Å². The van der Waals surface area contributed by atoms with Crippen LogP contribution in [0.3, 0.4) is 0 Å². The van der Waals surface area contributed by atoms with Crippen molar-refractivity contribution >= 4 is 0 Å².